The molecule has 0 amide bonds. The monoisotopic (exact) mass is 818 g/mol. The third-order valence-corrected chi connectivity index (χ3v) is 11.6. The van der Waals surface area contributed by atoms with E-state index in [1.807, 2.05) is 21.1 Å². The number of carbonyl (C=O) groups excluding carboxylic acids is 2. The summed E-state index contributed by atoms with van der Waals surface area (Å²) >= 11 is 0. The number of likely N-dealkylation sites (N-methyl/N-ethyl adjacent to an activating group) is 1. The number of esters is 2. The molecule has 0 spiro atoms. The van der Waals surface area contributed by atoms with Crippen molar-refractivity contribution in [1.82, 2.24) is 0 Å². The van der Waals surface area contributed by atoms with Crippen LogP contribution in [0, 0.1) is 0 Å². The van der Waals surface area contributed by atoms with Crippen molar-refractivity contribution in [1.29, 1.82) is 0 Å². The molecule has 0 rings (SSSR count). The zero-order chi connectivity index (χ0) is 41.4. The van der Waals surface area contributed by atoms with Gasteiger partial charge in [-0.2, -0.15) is 0 Å². The quantitative estimate of drug-likeness (QED) is 0.0259. The highest BCUT2D eigenvalue weighted by Gasteiger charge is 2.21. The SMILES string of the molecule is CCCCCCCCCCCCCCCCCCCC(=O)O[C@H](COC(=O)CCCCCCCCCCCCCCCCC)COP(=O)([O-])OCC[N+](C)(C)C. The molecule has 0 aromatic rings. The van der Waals surface area contributed by atoms with Gasteiger partial charge in [0.1, 0.15) is 19.8 Å². The molecule has 0 heterocycles. The Morgan fingerprint density at radius 3 is 1.14 bits per heavy atom. The second kappa shape index (κ2) is 39.5. The van der Waals surface area contributed by atoms with Gasteiger partial charge in [-0.1, -0.05) is 206 Å². The Morgan fingerprint density at radius 2 is 0.804 bits per heavy atom. The third kappa shape index (κ3) is 42.6. The summed E-state index contributed by atoms with van der Waals surface area (Å²) in [5.41, 5.74) is 0. The molecular formula is C46H92NO8P. The van der Waals surface area contributed by atoms with Crippen molar-refractivity contribution < 1.29 is 42.1 Å². The van der Waals surface area contributed by atoms with Gasteiger partial charge in [0.15, 0.2) is 6.10 Å². The molecule has 0 aliphatic carbocycles. The fourth-order valence-electron chi connectivity index (χ4n) is 6.89. The van der Waals surface area contributed by atoms with Gasteiger partial charge in [0.25, 0.3) is 7.82 Å². The van der Waals surface area contributed by atoms with Gasteiger partial charge in [-0.05, 0) is 12.8 Å². The van der Waals surface area contributed by atoms with Gasteiger partial charge in [-0.3, -0.25) is 14.2 Å². The summed E-state index contributed by atoms with van der Waals surface area (Å²) in [5.74, 6) is -0.817. The lowest BCUT2D eigenvalue weighted by Crippen LogP contribution is -2.37. The molecule has 0 aromatic carbocycles. The van der Waals surface area contributed by atoms with Crippen LogP contribution in [0.4, 0.5) is 0 Å². The average Bonchev–Trinajstić information content (AvgIpc) is 3.15. The van der Waals surface area contributed by atoms with Crippen molar-refractivity contribution in [3.8, 4) is 0 Å². The Bertz CT molecular complexity index is 927. The molecule has 0 saturated carbocycles. The first kappa shape index (κ1) is 55.0. The highest BCUT2D eigenvalue weighted by Crippen LogP contribution is 2.38. The molecule has 56 heavy (non-hydrogen) atoms. The summed E-state index contributed by atoms with van der Waals surface area (Å²) in [6.45, 7) is 4.28. The van der Waals surface area contributed by atoms with E-state index < -0.39 is 26.5 Å². The molecule has 0 N–H and O–H groups in total. The predicted molar refractivity (Wildman–Crippen MR) is 232 cm³/mol. The number of nitrogens with zero attached hydrogens (tertiary/aromatic N) is 1. The number of hydrogen-bond acceptors (Lipinski definition) is 8. The Hall–Kier alpha value is -0.990. The van der Waals surface area contributed by atoms with Crippen LogP contribution in [-0.4, -0.2) is 70.0 Å². The number of hydrogen-bond donors (Lipinski definition) is 0. The van der Waals surface area contributed by atoms with E-state index in [0.29, 0.717) is 17.4 Å². The van der Waals surface area contributed by atoms with E-state index in [1.54, 1.807) is 0 Å². The van der Waals surface area contributed by atoms with Crippen molar-refractivity contribution in [2.24, 2.45) is 0 Å². The molecule has 10 heteroatoms. The largest absolute Gasteiger partial charge is 0.756 e. The number of phosphoric ester groups is 1. The minimum Gasteiger partial charge on any atom is -0.756 e. The number of quaternary nitrogens is 1. The van der Waals surface area contributed by atoms with Crippen molar-refractivity contribution in [3.63, 3.8) is 0 Å². The maximum Gasteiger partial charge on any atom is 0.306 e. The van der Waals surface area contributed by atoms with E-state index in [4.69, 9.17) is 18.5 Å². The van der Waals surface area contributed by atoms with Crippen molar-refractivity contribution in [3.05, 3.63) is 0 Å². The molecule has 0 fully saturated rings. The smallest absolute Gasteiger partial charge is 0.306 e. The van der Waals surface area contributed by atoms with Gasteiger partial charge in [0.2, 0.25) is 0 Å². The number of rotatable bonds is 44. The second-order valence-corrected chi connectivity index (χ2v) is 18.9. The maximum absolute atomic E-state index is 12.7. The summed E-state index contributed by atoms with van der Waals surface area (Å²) < 4.78 is 34.0. The van der Waals surface area contributed by atoms with E-state index in [0.717, 1.165) is 32.1 Å². The van der Waals surface area contributed by atoms with Crippen LogP contribution in [0.5, 0.6) is 0 Å². The van der Waals surface area contributed by atoms with Crippen molar-refractivity contribution in [2.75, 3.05) is 47.5 Å². The Labute approximate surface area is 346 Å². The Kier molecular flexibility index (Phi) is 38.8. The summed E-state index contributed by atoms with van der Waals surface area (Å²) in [6.07, 6.45) is 39.8. The van der Waals surface area contributed by atoms with Crippen LogP contribution in [0.1, 0.15) is 232 Å². The minimum atomic E-state index is -4.62. The van der Waals surface area contributed by atoms with Gasteiger partial charge in [-0.25, -0.2) is 0 Å². The molecule has 1 unspecified atom stereocenters. The molecule has 0 bridgehead atoms. The van der Waals surface area contributed by atoms with E-state index in [1.165, 1.54) is 167 Å². The highest BCUT2D eigenvalue weighted by atomic mass is 31.2. The lowest BCUT2D eigenvalue weighted by Gasteiger charge is -2.28. The van der Waals surface area contributed by atoms with Crippen LogP contribution >= 0.6 is 7.82 Å². The van der Waals surface area contributed by atoms with Gasteiger partial charge in [0, 0.05) is 12.8 Å². The zero-order valence-corrected chi connectivity index (χ0v) is 38.5. The standard InChI is InChI=1S/C46H92NO8P/c1-6-8-10-12-14-16-18-20-22-23-25-27-29-31-33-35-37-39-46(49)55-44(43-54-56(50,51)53-41-40-47(3,4)5)42-52-45(48)38-36-34-32-30-28-26-24-21-19-17-15-13-11-9-7-2/h44H,6-43H2,1-5H3/t44-/m1/s1. The lowest BCUT2D eigenvalue weighted by molar-refractivity contribution is -0.870. The van der Waals surface area contributed by atoms with E-state index in [9.17, 15) is 19.0 Å². The maximum atomic E-state index is 12.7. The van der Waals surface area contributed by atoms with Crippen LogP contribution in [0.2, 0.25) is 0 Å². The Morgan fingerprint density at radius 1 is 0.482 bits per heavy atom. The molecule has 0 radical (unpaired) electrons. The van der Waals surface area contributed by atoms with Crippen molar-refractivity contribution in [2.45, 2.75) is 238 Å². The lowest BCUT2D eigenvalue weighted by atomic mass is 10.0. The minimum absolute atomic E-state index is 0.0255. The summed E-state index contributed by atoms with van der Waals surface area (Å²) in [4.78, 5) is 37.6. The molecule has 2 atom stereocenters. The average molecular weight is 818 g/mol. The highest BCUT2D eigenvalue weighted by molar-refractivity contribution is 7.45. The summed E-state index contributed by atoms with van der Waals surface area (Å²) in [7, 11) is 1.18. The fourth-order valence-corrected chi connectivity index (χ4v) is 7.62. The normalized spacial score (nSPS) is 13.5. The summed E-state index contributed by atoms with van der Waals surface area (Å²) in [5, 5.41) is 0. The number of phosphoric acid groups is 1. The van der Waals surface area contributed by atoms with E-state index in [-0.39, 0.29) is 32.0 Å². The predicted octanol–water partition coefficient (Wildman–Crippen LogP) is 13.0. The first-order chi connectivity index (χ1) is 27.0. The van der Waals surface area contributed by atoms with Crippen LogP contribution in [0.15, 0.2) is 0 Å². The number of unbranched alkanes of at least 4 members (excludes halogenated alkanes) is 30. The van der Waals surface area contributed by atoms with Crippen LogP contribution < -0.4 is 4.89 Å². The molecule has 9 nitrogen and oxygen atoms in total. The molecular weight excluding hydrogens is 725 g/mol. The zero-order valence-electron chi connectivity index (χ0n) is 37.6. The summed E-state index contributed by atoms with van der Waals surface area (Å²) in [6, 6.07) is 0. The fraction of sp³-hybridized carbons (Fsp3) is 0.957. The van der Waals surface area contributed by atoms with Crippen molar-refractivity contribution >= 4 is 19.8 Å². The first-order valence-electron chi connectivity index (χ1n) is 23.7. The third-order valence-electron chi connectivity index (χ3n) is 10.6. The van der Waals surface area contributed by atoms with Gasteiger partial charge in [0.05, 0.1) is 27.7 Å². The molecule has 0 saturated heterocycles. The van der Waals surface area contributed by atoms with Crippen LogP contribution in [0.3, 0.4) is 0 Å². The van der Waals surface area contributed by atoms with Crippen LogP contribution in [0.25, 0.3) is 0 Å². The second-order valence-electron chi connectivity index (χ2n) is 17.5. The Balaban J connectivity index is 4.26. The van der Waals surface area contributed by atoms with E-state index >= 15 is 0 Å². The number of ether oxygens (including phenoxy) is 2. The molecule has 0 aliphatic heterocycles. The van der Waals surface area contributed by atoms with E-state index in [2.05, 4.69) is 13.8 Å². The van der Waals surface area contributed by atoms with Gasteiger partial charge >= 0.3 is 11.9 Å². The molecule has 0 aromatic heterocycles. The topological polar surface area (TPSA) is 111 Å². The molecule has 334 valence electrons. The molecule has 0 aliphatic rings. The first-order valence-corrected chi connectivity index (χ1v) is 25.2. The van der Waals surface area contributed by atoms with Crippen LogP contribution in [-0.2, 0) is 32.7 Å². The number of carbonyl (C=O) groups is 2. The van der Waals surface area contributed by atoms with Gasteiger partial charge < -0.3 is 27.9 Å². The van der Waals surface area contributed by atoms with Gasteiger partial charge in [-0.15, -0.1) is 0 Å².